The zero-order valence-electron chi connectivity index (χ0n) is 31.0. The van der Waals surface area contributed by atoms with E-state index in [9.17, 15) is 4.79 Å². The molecule has 252 valence electrons. The molecule has 0 aliphatic heterocycles. The van der Waals surface area contributed by atoms with E-state index in [1.54, 1.807) is 0 Å². The summed E-state index contributed by atoms with van der Waals surface area (Å²) in [6.45, 7) is 39.4. The van der Waals surface area contributed by atoms with Gasteiger partial charge >= 0.3 is 5.97 Å². The summed E-state index contributed by atoms with van der Waals surface area (Å²) in [5.74, 6) is 0.830. The van der Waals surface area contributed by atoms with Crippen LogP contribution in [0.5, 0.6) is 0 Å². The molecule has 0 spiro atoms. The van der Waals surface area contributed by atoms with E-state index in [-0.39, 0.29) is 64.1 Å². The summed E-state index contributed by atoms with van der Waals surface area (Å²) in [5.41, 5.74) is -1.19. The highest BCUT2D eigenvalue weighted by atomic mass is 16.6. The second-order valence-corrected chi connectivity index (χ2v) is 16.4. The highest BCUT2D eigenvalue weighted by molar-refractivity contribution is 5.72. The lowest BCUT2D eigenvalue weighted by molar-refractivity contribution is -0.167. The Bertz CT molecular complexity index is 763. The third-order valence-corrected chi connectivity index (χ3v) is 10.1. The quantitative estimate of drug-likeness (QED) is 0.0912. The molecule has 2 unspecified atom stereocenters. The van der Waals surface area contributed by atoms with Crippen LogP contribution in [0.15, 0.2) is 0 Å². The average molecular weight is 601 g/mol. The third kappa shape index (κ3) is 13.9. The summed E-state index contributed by atoms with van der Waals surface area (Å²) >= 11 is 0. The van der Waals surface area contributed by atoms with E-state index in [1.165, 1.54) is 0 Å². The van der Waals surface area contributed by atoms with Crippen molar-refractivity contribution in [2.45, 2.75) is 160 Å². The van der Waals surface area contributed by atoms with E-state index in [0.717, 1.165) is 25.9 Å². The topological polar surface area (TPSA) is 63.2 Å². The number of hydrogen-bond acceptors (Lipinski definition) is 6. The van der Waals surface area contributed by atoms with Gasteiger partial charge in [0.25, 0.3) is 0 Å². The summed E-state index contributed by atoms with van der Waals surface area (Å²) in [7, 11) is 0. The number of ether oxygens (including phenoxy) is 5. The summed E-state index contributed by atoms with van der Waals surface area (Å²) < 4.78 is 30.6. The Kier molecular flexibility index (Phi) is 16.8. The fourth-order valence-corrected chi connectivity index (χ4v) is 4.71. The second-order valence-electron chi connectivity index (χ2n) is 16.4. The fraction of sp³-hybridized carbons (Fsp3) is 0.972. The van der Waals surface area contributed by atoms with Gasteiger partial charge in [-0.2, -0.15) is 0 Å². The summed E-state index contributed by atoms with van der Waals surface area (Å²) in [4.78, 5) is 12.6. The van der Waals surface area contributed by atoms with Crippen LogP contribution >= 0.6 is 0 Å². The normalized spacial score (nSPS) is 15.5. The molecule has 0 aliphatic carbocycles. The van der Waals surface area contributed by atoms with E-state index in [4.69, 9.17) is 23.7 Å². The van der Waals surface area contributed by atoms with Crippen molar-refractivity contribution in [2.75, 3.05) is 33.0 Å². The maximum Gasteiger partial charge on any atom is 0.309 e. The monoisotopic (exact) mass is 601 g/mol. The molecule has 0 N–H and O–H groups in total. The zero-order chi connectivity index (χ0) is 33.2. The molecule has 6 nitrogen and oxygen atoms in total. The SMILES string of the molecule is CC(C)CC(C(=O)OCCOC(C)(C)CCOC(C)(C)C(C)(C)C(C)COC(C)(C)C(C)(C)CCOC(C)C)C(C)C. The second kappa shape index (κ2) is 17.1. The van der Waals surface area contributed by atoms with Gasteiger partial charge in [0.05, 0.1) is 48.6 Å². The maximum atomic E-state index is 12.6. The lowest BCUT2D eigenvalue weighted by Crippen LogP contribution is -2.49. The summed E-state index contributed by atoms with van der Waals surface area (Å²) in [6.07, 6.45) is 2.78. The molecule has 0 bridgehead atoms. The molecule has 0 saturated heterocycles. The van der Waals surface area contributed by atoms with Gasteiger partial charge in [-0.15, -0.1) is 0 Å². The number of esters is 1. The first-order valence-corrected chi connectivity index (χ1v) is 16.6. The molecule has 0 aromatic carbocycles. The first-order chi connectivity index (χ1) is 18.9. The minimum absolute atomic E-state index is 0.0219. The molecule has 0 amide bonds. The van der Waals surface area contributed by atoms with Crippen molar-refractivity contribution in [3.8, 4) is 0 Å². The summed E-state index contributed by atoms with van der Waals surface area (Å²) in [6, 6.07) is 0. The average Bonchev–Trinajstić information content (AvgIpc) is 2.82. The van der Waals surface area contributed by atoms with Crippen LogP contribution in [0.3, 0.4) is 0 Å². The fourth-order valence-electron chi connectivity index (χ4n) is 4.71. The van der Waals surface area contributed by atoms with Crippen LogP contribution in [0, 0.1) is 34.5 Å². The predicted molar refractivity (Wildman–Crippen MR) is 176 cm³/mol. The van der Waals surface area contributed by atoms with Crippen LogP contribution in [-0.2, 0) is 28.5 Å². The molecule has 0 fully saturated rings. The van der Waals surface area contributed by atoms with Crippen molar-refractivity contribution in [1.29, 1.82) is 0 Å². The molecule has 0 saturated carbocycles. The molecule has 42 heavy (non-hydrogen) atoms. The Morgan fingerprint density at radius 1 is 0.643 bits per heavy atom. The van der Waals surface area contributed by atoms with Crippen molar-refractivity contribution in [1.82, 2.24) is 0 Å². The van der Waals surface area contributed by atoms with Gasteiger partial charge in [0.2, 0.25) is 0 Å². The highest BCUT2D eigenvalue weighted by Crippen LogP contribution is 2.43. The van der Waals surface area contributed by atoms with Crippen LogP contribution in [-0.4, -0.2) is 61.9 Å². The first kappa shape index (κ1) is 41.3. The standard InChI is InChI=1S/C36H72O6/c1-26(2)24-30(27(3)4)31(37)39-22-23-40-33(10,11)19-21-41-36(16,17)34(12,13)29(7)25-42-35(14,15)32(8,9)18-20-38-28(5)6/h26-30H,18-25H2,1-17H3. The van der Waals surface area contributed by atoms with Crippen LogP contribution < -0.4 is 0 Å². The molecule has 6 heteroatoms. The minimum Gasteiger partial charge on any atom is -0.463 e. The smallest absolute Gasteiger partial charge is 0.309 e. The van der Waals surface area contributed by atoms with E-state index in [1.807, 2.05) is 0 Å². The van der Waals surface area contributed by atoms with Gasteiger partial charge in [-0.3, -0.25) is 4.79 Å². The van der Waals surface area contributed by atoms with E-state index >= 15 is 0 Å². The Morgan fingerprint density at radius 2 is 1.21 bits per heavy atom. The van der Waals surface area contributed by atoms with Crippen LogP contribution in [0.2, 0.25) is 0 Å². The Labute approximate surface area is 261 Å². The number of carbonyl (C=O) groups is 1. The lowest BCUT2D eigenvalue weighted by Gasteiger charge is -2.48. The van der Waals surface area contributed by atoms with Gasteiger partial charge < -0.3 is 23.7 Å². The van der Waals surface area contributed by atoms with Gasteiger partial charge in [-0.05, 0) is 103 Å². The van der Waals surface area contributed by atoms with Crippen molar-refractivity contribution >= 4 is 5.97 Å². The van der Waals surface area contributed by atoms with Crippen molar-refractivity contribution in [3.63, 3.8) is 0 Å². The molecule has 0 aliphatic rings. The first-order valence-electron chi connectivity index (χ1n) is 16.6. The van der Waals surface area contributed by atoms with E-state index in [0.29, 0.717) is 25.7 Å². The highest BCUT2D eigenvalue weighted by Gasteiger charge is 2.44. The minimum atomic E-state index is -0.383. The molecular weight excluding hydrogens is 528 g/mol. The lowest BCUT2D eigenvalue weighted by atomic mass is 9.68. The Hall–Kier alpha value is -0.690. The molecule has 2 atom stereocenters. The zero-order valence-corrected chi connectivity index (χ0v) is 31.0. The van der Waals surface area contributed by atoms with E-state index in [2.05, 4.69) is 118 Å². The van der Waals surface area contributed by atoms with Crippen LogP contribution in [0.1, 0.15) is 137 Å². The van der Waals surface area contributed by atoms with Gasteiger partial charge in [0.15, 0.2) is 0 Å². The summed E-state index contributed by atoms with van der Waals surface area (Å²) in [5, 5.41) is 0. The third-order valence-electron chi connectivity index (χ3n) is 10.1. The molecular formula is C36H72O6. The van der Waals surface area contributed by atoms with E-state index < -0.39 is 0 Å². The Balaban J connectivity index is 4.83. The molecule has 0 heterocycles. The number of rotatable bonds is 22. The maximum absolute atomic E-state index is 12.6. The predicted octanol–water partition coefficient (Wildman–Crippen LogP) is 9.13. The molecule has 0 radical (unpaired) electrons. The van der Waals surface area contributed by atoms with Crippen LogP contribution in [0.4, 0.5) is 0 Å². The van der Waals surface area contributed by atoms with Crippen molar-refractivity contribution < 1.29 is 28.5 Å². The molecule has 0 rings (SSSR count). The van der Waals surface area contributed by atoms with Gasteiger partial charge in [0, 0.05) is 6.61 Å². The molecule has 0 aromatic rings. The Morgan fingerprint density at radius 3 is 1.71 bits per heavy atom. The van der Waals surface area contributed by atoms with Gasteiger partial charge in [-0.1, -0.05) is 62.3 Å². The molecule has 0 aromatic heterocycles. The number of hydrogen-bond donors (Lipinski definition) is 0. The number of carbonyl (C=O) groups excluding carboxylic acids is 1. The van der Waals surface area contributed by atoms with Crippen LogP contribution in [0.25, 0.3) is 0 Å². The van der Waals surface area contributed by atoms with Gasteiger partial charge in [-0.25, -0.2) is 0 Å². The van der Waals surface area contributed by atoms with Crippen molar-refractivity contribution in [3.05, 3.63) is 0 Å². The van der Waals surface area contributed by atoms with Gasteiger partial charge in [0.1, 0.15) is 6.61 Å². The van der Waals surface area contributed by atoms with Crippen molar-refractivity contribution in [2.24, 2.45) is 34.5 Å². The largest absolute Gasteiger partial charge is 0.463 e.